The highest BCUT2D eigenvalue weighted by molar-refractivity contribution is 6.30. The Labute approximate surface area is 138 Å². The lowest BCUT2D eigenvalue weighted by molar-refractivity contribution is -0.162. The number of hydrogen-bond donors (Lipinski definition) is 2. The fraction of sp³-hybridized carbons (Fsp3) is 0.176. The summed E-state index contributed by atoms with van der Waals surface area (Å²) in [6, 6.07) is 15.0. The zero-order valence-corrected chi connectivity index (χ0v) is 13.2. The van der Waals surface area contributed by atoms with Crippen molar-refractivity contribution < 1.29 is 19.4 Å². The number of esters is 1. The van der Waals surface area contributed by atoms with E-state index in [0.717, 1.165) is 0 Å². The first-order valence-corrected chi connectivity index (χ1v) is 7.35. The molecule has 0 aliphatic rings. The molecule has 120 valence electrons. The van der Waals surface area contributed by atoms with E-state index in [2.05, 4.69) is 5.32 Å². The maximum Gasteiger partial charge on any atom is 0.340 e. The SMILES string of the molecule is C[C@@H](OC(=O)[C@@H](O)c1ccccc1)C(=O)Nc1cccc(Cl)c1. The summed E-state index contributed by atoms with van der Waals surface area (Å²) in [6.45, 7) is 1.43. The predicted octanol–water partition coefficient (Wildman–Crippen LogP) is 2.94. The van der Waals surface area contributed by atoms with Crippen LogP contribution in [-0.4, -0.2) is 23.1 Å². The number of carbonyl (C=O) groups is 2. The molecule has 0 bridgehead atoms. The maximum atomic E-state index is 12.0. The van der Waals surface area contributed by atoms with E-state index in [4.69, 9.17) is 16.3 Å². The van der Waals surface area contributed by atoms with Crippen LogP contribution in [0.2, 0.25) is 5.02 Å². The molecular formula is C17H16ClNO4. The summed E-state index contributed by atoms with van der Waals surface area (Å²) >= 11 is 5.83. The molecule has 0 heterocycles. The Morgan fingerprint density at radius 3 is 2.48 bits per heavy atom. The van der Waals surface area contributed by atoms with Gasteiger partial charge in [0.2, 0.25) is 0 Å². The van der Waals surface area contributed by atoms with Crippen LogP contribution in [0.4, 0.5) is 5.69 Å². The Morgan fingerprint density at radius 1 is 1.13 bits per heavy atom. The van der Waals surface area contributed by atoms with E-state index in [1.165, 1.54) is 6.92 Å². The van der Waals surface area contributed by atoms with E-state index in [1.54, 1.807) is 54.6 Å². The van der Waals surface area contributed by atoms with Crippen LogP contribution in [0.3, 0.4) is 0 Å². The summed E-state index contributed by atoms with van der Waals surface area (Å²) in [7, 11) is 0. The lowest BCUT2D eigenvalue weighted by atomic mass is 10.1. The molecule has 2 N–H and O–H groups in total. The normalized spacial score (nSPS) is 13.0. The molecule has 2 atom stereocenters. The third-order valence-electron chi connectivity index (χ3n) is 3.09. The topological polar surface area (TPSA) is 75.6 Å². The second kappa shape index (κ2) is 7.76. The molecule has 5 nitrogen and oxygen atoms in total. The second-order valence-electron chi connectivity index (χ2n) is 4.89. The minimum Gasteiger partial charge on any atom is -0.450 e. The van der Waals surface area contributed by atoms with Gasteiger partial charge in [0.15, 0.2) is 12.2 Å². The fourth-order valence-corrected chi connectivity index (χ4v) is 2.06. The molecule has 0 saturated carbocycles. The van der Waals surface area contributed by atoms with E-state index in [9.17, 15) is 14.7 Å². The highest BCUT2D eigenvalue weighted by atomic mass is 35.5. The number of hydrogen-bond acceptors (Lipinski definition) is 4. The number of halogens is 1. The Morgan fingerprint density at radius 2 is 1.83 bits per heavy atom. The number of ether oxygens (including phenoxy) is 1. The highest BCUT2D eigenvalue weighted by Gasteiger charge is 2.24. The smallest absolute Gasteiger partial charge is 0.340 e. The molecule has 0 fully saturated rings. The van der Waals surface area contributed by atoms with Crippen LogP contribution in [0, 0.1) is 0 Å². The average Bonchev–Trinajstić information content (AvgIpc) is 2.54. The van der Waals surface area contributed by atoms with Gasteiger partial charge in [-0.1, -0.05) is 48.0 Å². The molecule has 1 amide bonds. The van der Waals surface area contributed by atoms with Crippen molar-refractivity contribution in [1.82, 2.24) is 0 Å². The van der Waals surface area contributed by atoms with E-state index in [0.29, 0.717) is 16.3 Å². The van der Waals surface area contributed by atoms with Crippen molar-refractivity contribution in [2.45, 2.75) is 19.1 Å². The summed E-state index contributed by atoms with van der Waals surface area (Å²) in [6.07, 6.45) is -2.49. The zero-order valence-electron chi connectivity index (χ0n) is 12.4. The monoisotopic (exact) mass is 333 g/mol. The van der Waals surface area contributed by atoms with Crippen molar-refractivity contribution in [3.63, 3.8) is 0 Å². The number of anilines is 1. The predicted molar refractivity (Wildman–Crippen MR) is 87.0 cm³/mol. The van der Waals surface area contributed by atoms with Crippen LogP contribution in [0.15, 0.2) is 54.6 Å². The van der Waals surface area contributed by atoms with E-state index in [1.807, 2.05) is 0 Å². The molecule has 0 aliphatic carbocycles. The van der Waals surface area contributed by atoms with E-state index < -0.39 is 24.1 Å². The van der Waals surface area contributed by atoms with Gasteiger partial charge in [0, 0.05) is 10.7 Å². The number of nitrogens with one attached hydrogen (secondary N) is 1. The Kier molecular flexibility index (Phi) is 5.73. The molecule has 0 spiro atoms. The number of aliphatic hydroxyl groups is 1. The van der Waals surface area contributed by atoms with Gasteiger partial charge >= 0.3 is 5.97 Å². The first kappa shape index (κ1) is 17.0. The molecular weight excluding hydrogens is 318 g/mol. The average molecular weight is 334 g/mol. The number of benzene rings is 2. The zero-order chi connectivity index (χ0) is 16.8. The van der Waals surface area contributed by atoms with Crippen LogP contribution in [0.25, 0.3) is 0 Å². The summed E-state index contributed by atoms with van der Waals surface area (Å²) in [4.78, 5) is 23.9. The second-order valence-corrected chi connectivity index (χ2v) is 5.33. The third-order valence-corrected chi connectivity index (χ3v) is 3.33. The van der Waals surface area contributed by atoms with Gasteiger partial charge in [-0.3, -0.25) is 4.79 Å². The Hall–Kier alpha value is -2.37. The highest BCUT2D eigenvalue weighted by Crippen LogP contribution is 2.17. The minimum absolute atomic E-state index is 0.403. The molecule has 0 aromatic heterocycles. The van der Waals surface area contributed by atoms with Gasteiger partial charge in [-0.15, -0.1) is 0 Å². The molecule has 6 heteroatoms. The van der Waals surface area contributed by atoms with Crippen molar-refractivity contribution in [2.24, 2.45) is 0 Å². The van der Waals surface area contributed by atoms with Crippen LogP contribution in [0.1, 0.15) is 18.6 Å². The summed E-state index contributed by atoms with van der Waals surface area (Å²) < 4.78 is 5.00. The van der Waals surface area contributed by atoms with Crippen molar-refractivity contribution >= 4 is 29.2 Å². The summed E-state index contributed by atoms with van der Waals surface area (Å²) in [5.41, 5.74) is 0.897. The van der Waals surface area contributed by atoms with Crippen LogP contribution in [-0.2, 0) is 14.3 Å². The lowest BCUT2D eigenvalue weighted by Crippen LogP contribution is -2.31. The Balaban J connectivity index is 1.94. The van der Waals surface area contributed by atoms with Crippen molar-refractivity contribution in [3.8, 4) is 0 Å². The largest absolute Gasteiger partial charge is 0.450 e. The molecule has 2 aromatic carbocycles. The van der Waals surface area contributed by atoms with Gasteiger partial charge in [-0.2, -0.15) is 0 Å². The van der Waals surface area contributed by atoms with Gasteiger partial charge in [-0.25, -0.2) is 4.79 Å². The Bertz CT molecular complexity index is 690. The first-order chi connectivity index (χ1) is 11.0. The van der Waals surface area contributed by atoms with Crippen LogP contribution >= 0.6 is 11.6 Å². The summed E-state index contributed by atoms with van der Waals surface area (Å²) in [5, 5.41) is 13.0. The standard InChI is InChI=1S/C17H16ClNO4/c1-11(16(21)19-14-9-5-8-13(18)10-14)23-17(22)15(20)12-6-3-2-4-7-12/h2-11,15,20H,1H3,(H,19,21)/t11-,15+/m1/s1. The first-order valence-electron chi connectivity index (χ1n) is 6.97. The van der Waals surface area contributed by atoms with E-state index >= 15 is 0 Å². The molecule has 0 saturated heterocycles. The molecule has 2 aromatic rings. The number of amides is 1. The third kappa shape index (κ3) is 4.81. The number of aliphatic hydroxyl groups excluding tert-OH is 1. The summed E-state index contributed by atoms with van der Waals surface area (Å²) in [5.74, 6) is -1.40. The molecule has 0 aliphatic heterocycles. The molecule has 0 unspecified atom stereocenters. The van der Waals surface area contributed by atoms with Gasteiger partial charge < -0.3 is 15.2 Å². The molecule has 2 rings (SSSR count). The number of rotatable bonds is 5. The van der Waals surface area contributed by atoms with Gasteiger partial charge in [0.05, 0.1) is 0 Å². The van der Waals surface area contributed by atoms with Crippen LogP contribution < -0.4 is 5.32 Å². The quantitative estimate of drug-likeness (QED) is 0.825. The van der Waals surface area contributed by atoms with E-state index in [-0.39, 0.29) is 0 Å². The van der Waals surface area contributed by atoms with Crippen molar-refractivity contribution in [1.29, 1.82) is 0 Å². The fourth-order valence-electron chi connectivity index (χ4n) is 1.87. The molecule has 0 radical (unpaired) electrons. The molecule has 23 heavy (non-hydrogen) atoms. The van der Waals surface area contributed by atoms with Gasteiger partial charge in [0.1, 0.15) is 0 Å². The van der Waals surface area contributed by atoms with Crippen molar-refractivity contribution in [2.75, 3.05) is 5.32 Å². The number of carbonyl (C=O) groups excluding carboxylic acids is 2. The maximum absolute atomic E-state index is 12.0. The minimum atomic E-state index is -1.43. The van der Waals surface area contributed by atoms with Crippen molar-refractivity contribution in [3.05, 3.63) is 65.2 Å². The van der Waals surface area contributed by atoms with Gasteiger partial charge in [-0.05, 0) is 30.7 Å². The van der Waals surface area contributed by atoms with Gasteiger partial charge in [0.25, 0.3) is 5.91 Å². The van der Waals surface area contributed by atoms with Crippen LogP contribution in [0.5, 0.6) is 0 Å². The lowest BCUT2D eigenvalue weighted by Gasteiger charge is -2.16.